The number of pyridine rings is 1. The summed E-state index contributed by atoms with van der Waals surface area (Å²) in [6.07, 6.45) is 2.31. The molecular formula is C21H27F3N4O3. The highest BCUT2D eigenvalue weighted by atomic mass is 19.4. The summed E-state index contributed by atoms with van der Waals surface area (Å²) in [4.78, 5) is 16.6. The fourth-order valence-electron chi connectivity index (χ4n) is 3.82. The lowest BCUT2D eigenvalue weighted by Gasteiger charge is -2.28. The number of nitrogens with one attached hydrogen (secondary N) is 2. The van der Waals surface area contributed by atoms with E-state index in [1.165, 1.54) is 17.8 Å². The first kappa shape index (κ1) is 23.1. The Morgan fingerprint density at radius 2 is 2.03 bits per heavy atom. The summed E-state index contributed by atoms with van der Waals surface area (Å²) in [7, 11) is 0. The number of H-pyrrole nitrogens is 1. The molecule has 1 unspecified atom stereocenters. The van der Waals surface area contributed by atoms with Crippen LogP contribution in [0.1, 0.15) is 62.2 Å². The van der Waals surface area contributed by atoms with Crippen LogP contribution in [0.5, 0.6) is 5.75 Å². The van der Waals surface area contributed by atoms with Crippen molar-refractivity contribution < 1.29 is 27.8 Å². The van der Waals surface area contributed by atoms with E-state index in [0.29, 0.717) is 24.0 Å². The first-order valence-corrected chi connectivity index (χ1v) is 10.3. The number of hydrogen-bond acceptors (Lipinski definition) is 5. The molecule has 170 valence electrons. The number of carbonyl (C=O) groups excluding carboxylic acids is 1. The van der Waals surface area contributed by atoms with Crippen molar-refractivity contribution in [2.24, 2.45) is 5.92 Å². The van der Waals surface area contributed by atoms with E-state index >= 15 is 0 Å². The maximum atomic E-state index is 12.4. The lowest BCUT2D eigenvalue weighted by molar-refractivity contribution is -0.210. The van der Waals surface area contributed by atoms with Gasteiger partial charge in [0.25, 0.3) is 0 Å². The SMILES string of the molecule is C[C@@H](NC(=O)CC1CCC(c2cn[nH]c2)CC1)c1ccc(OCC(O)C(F)(F)F)cn1. The fourth-order valence-corrected chi connectivity index (χ4v) is 3.82. The number of rotatable bonds is 8. The average molecular weight is 440 g/mol. The Hall–Kier alpha value is -2.62. The van der Waals surface area contributed by atoms with Gasteiger partial charge in [0.1, 0.15) is 12.4 Å². The van der Waals surface area contributed by atoms with Gasteiger partial charge in [-0.25, -0.2) is 0 Å². The van der Waals surface area contributed by atoms with Crippen LogP contribution in [0.4, 0.5) is 13.2 Å². The summed E-state index contributed by atoms with van der Waals surface area (Å²) in [6, 6.07) is 2.70. The summed E-state index contributed by atoms with van der Waals surface area (Å²) >= 11 is 0. The number of halogens is 3. The van der Waals surface area contributed by atoms with Crippen molar-refractivity contribution in [2.75, 3.05) is 6.61 Å². The van der Waals surface area contributed by atoms with E-state index in [1.54, 1.807) is 13.0 Å². The van der Waals surface area contributed by atoms with Gasteiger partial charge < -0.3 is 15.2 Å². The normalized spacial score (nSPS) is 21.3. The fraction of sp³-hybridized carbons (Fsp3) is 0.571. The molecule has 0 aromatic carbocycles. The monoisotopic (exact) mass is 440 g/mol. The van der Waals surface area contributed by atoms with Crippen LogP contribution in [0.15, 0.2) is 30.7 Å². The Bertz CT molecular complexity index is 819. The molecule has 2 atom stereocenters. The average Bonchev–Trinajstić information content (AvgIpc) is 3.27. The van der Waals surface area contributed by atoms with Crippen LogP contribution in [0.25, 0.3) is 0 Å². The van der Waals surface area contributed by atoms with Crippen molar-refractivity contribution in [3.05, 3.63) is 42.0 Å². The highest BCUT2D eigenvalue weighted by Gasteiger charge is 2.38. The Morgan fingerprint density at radius 3 is 2.61 bits per heavy atom. The molecule has 2 heterocycles. The molecule has 2 aromatic heterocycles. The van der Waals surface area contributed by atoms with Crippen molar-refractivity contribution in [3.8, 4) is 5.75 Å². The number of ether oxygens (including phenoxy) is 1. The summed E-state index contributed by atoms with van der Waals surface area (Å²) < 4.78 is 41.8. The molecule has 3 N–H and O–H groups in total. The molecule has 1 amide bonds. The van der Waals surface area contributed by atoms with Crippen LogP contribution in [0, 0.1) is 5.92 Å². The quantitative estimate of drug-likeness (QED) is 0.582. The molecule has 0 bridgehead atoms. The molecule has 1 saturated carbocycles. The number of hydrogen-bond donors (Lipinski definition) is 3. The second-order valence-electron chi connectivity index (χ2n) is 8.03. The van der Waals surface area contributed by atoms with Crippen LogP contribution in [-0.2, 0) is 4.79 Å². The van der Waals surface area contributed by atoms with Gasteiger partial charge >= 0.3 is 6.18 Å². The maximum Gasteiger partial charge on any atom is 0.417 e. The van der Waals surface area contributed by atoms with Crippen LogP contribution in [-0.4, -0.2) is 45.1 Å². The minimum atomic E-state index is -4.73. The van der Waals surface area contributed by atoms with Gasteiger partial charge in [0, 0.05) is 12.6 Å². The molecule has 1 fully saturated rings. The van der Waals surface area contributed by atoms with E-state index in [1.807, 2.05) is 12.4 Å². The van der Waals surface area contributed by atoms with E-state index in [9.17, 15) is 18.0 Å². The number of aromatic amines is 1. The summed E-state index contributed by atoms with van der Waals surface area (Å²) in [5.74, 6) is 0.910. The van der Waals surface area contributed by atoms with E-state index in [-0.39, 0.29) is 17.7 Å². The zero-order valence-electron chi connectivity index (χ0n) is 17.2. The molecular weight excluding hydrogens is 413 g/mol. The zero-order valence-corrected chi connectivity index (χ0v) is 17.2. The zero-order chi connectivity index (χ0) is 22.4. The molecule has 1 aliphatic rings. The van der Waals surface area contributed by atoms with Crippen LogP contribution < -0.4 is 10.1 Å². The topological polar surface area (TPSA) is 100 Å². The second kappa shape index (κ2) is 10.1. The largest absolute Gasteiger partial charge is 0.489 e. The van der Waals surface area contributed by atoms with E-state index < -0.39 is 18.9 Å². The van der Waals surface area contributed by atoms with E-state index in [4.69, 9.17) is 9.84 Å². The van der Waals surface area contributed by atoms with E-state index in [2.05, 4.69) is 20.5 Å². The van der Waals surface area contributed by atoms with Crippen LogP contribution >= 0.6 is 0 Å². The Morgan fingerprint density at radius 1 is 1.29 bits per heavy atom. The molecule has 10 heteroatoms. The van der Waals surface area contributed by atoms with Gasteiger partial charge in [-0.2, -0.15) is 18.3 Å². The van der Waals surface area contributed by atoms with Gasteiger partial charge in [-0.3, -0.25) is 14.9 Å². The lowest BCUT2D eigenvalue weighted by Crippen LogP contribution is -2.34. The Balaban J connectivity index is 1.41. The first-order chi connectivity index (χ1) is 14.7. The molecule has 0 spiro atoms. The third-order valence-electron chi connectivity index (χ3n) is 5.68. The van der Waals surface area contributed by atoms with E-state index in [0.717, 1.165) is 25.7 Å². The number of alkyl halides is 3. The van der Waals surface area contributed by atoms with Gasteiger partial charge in [0.2, 0.25) is 5.91 Å². The molecule has 1 aliphatic carbocycles. The van der Waals surface area contributed by atoms with Crippen molar-refractivity contribution in [1.29, 1.82) is 0 Å². The predicted molar refractivity (Wildman–Crippen MR) is 106 cm³/mol. The highest BCUT2D eigenvalue weighted by Crippen LogP contribution is 2.36. The standard InChI is InChI=1S/C21H27F3N4O3/c1-13(18-7-6-17(11-25-18)31-12-19(29)21(22,23)24)28-20(30)8-14-2-4-15(5-3-14)16-9-26-27-10-16/h6-7,9-11,13-15,19,29H,2-5,8,12H2,1H3,(H,26,27)(H,28,30)/t13-,14?,15?,19?/m1/s1. The number of aromatic nitrogens is 3. The van der Waals surface area contributed by atoms with Crippen LogP contribution in [0.2, 0.25) is 0 Å². The number of aliphatic hydroxyl groups is 1. The maximum absolute atomic E-state index is 12.4. The molecule has 3 rings (SSSR count). The minimum absolute atomic E-state index is 0.0466. The van der Waals surface area contributed by atoms with Crippen LogP contribution in [0.3, 0.4) is 0 Å². The number of nitrogens with zero attached hydrogens (tertiary/aromatic N) is 2. The molecule has 0 saturated heterocycles. The predicted octanol–water partition coefficient (Wildman–Crippen LogP) is 3.65. The second-order valence-corrected chi connectivity index (χ2v) is 8.03. The van der Waals surface area contributed by atoms with Crippen molar-refractivity contribution >= 4 is 5.91 Å². The summed E-state index contributed by atoms with van der Waals surface area (Å²) in [6.45, 7) is 0.892. The number of carbonyl (C=O) groups is 1. The molecule has 0 radical (unpaired) electrons. The third kappa shape index (κ3) is 6.68. The first-order valence-electron chi connectivity index (χ1n) is 10.3. The smallest absolute Gasteiger partial charge is 0.417 e. The summed E-state index contributed by atoms with van der Waals surface area (Å²) in [5.41, 5.74) is 1.80. The Kier molecular flexibility index (Phi) is 7.53. The summed E-state index contributed by atoms with van der Waals surface area (Å²) in [5, 5.41) is 18.7. The number of amides is 1. The highest BCUT2D eigenvalue weighted by molar-refractivity contribution is 5.76. The van der Waals surface area contributed by atoms with Crippen molar-refractivity contribution in [2.45, 2.75) is 63.3 Å². The van der Waals surface area contributed by atoms with Crippen molar-refractivity contribution in [3.63, 3.8) is 0 Å². The third-order valence-corrected chi connectivity index (χ3v) is 5.68. The molecule has 7 nitrogen and oxygen atoms in total. The lowest BCUT2D eigenvalue weighted by atomic mass is 9.78. The van der Waals surface area contributed by atoms with Gasteiger partial charge in [0.05, 0.1) is 24.1 Å². The number of aliphatic hydroxyl groups excluding tert-OH is 1. The Labute approximate surface area is 178 Å². The van der Waals surface area contributed by atoms with Gasteiger partial charge in [-0.05, 0) is 62.1 Å². The van der Waals surface area contributed by atoms with Gasteiger partial charge in [0.15, 0.2) is 6.10 Å². The molecule has 2 aromatic rings. The molecule has 0 aliphatic heterocycles. The van der Waals surface area contributed by atoms with Gasteiger partial charge in [-0.15, -0.1) is 0 Å². The van der Waals surface area contributed by atoms with Gasteiger partial charge in [-0.1, -0.05) is 0 Å². The minimum Gasteiger partial charge on any atom is -0.489 e. The van der Waals surface area contributed by atoms with Crippen molar-refractivity contribution in [1.82, 2.24) is 20.5 Å². The molecule has 31 heavy (non-hydrogen) atoms.